The van der Waals surface area contributed by atoms with E-state index >= 15 is 0 Å². The summed E-state index contributed by atoms with van der Waals surface area (Å²) in [5, 5.41) is 8.25. The highest BCUT2D eigenvalue weighted by Crippen LogP contribution is 2.36. The van der Waals surface area contributed by atoms with Gasteiger partial charge < -0.3 is 10.1 Å². The lowest BCUT2D eigenvalue weighted by Gasteiger charge is -2.26. The molecule has 1 aromatic carbocycles. The van der Waals surface area contributed by atoms with Gasteiger partial charge in [0.2, 0.25) is 0 Å². The largest absolute Gasteiger partial charge is 0.493 e. The van der Waals surface area contributed by atoms with E-state index in [4.69, 9.17) is 4.74 Å². The van der Waals surface area contributed by atoms with E-state index < -0.39 is 0 Å². The second-order valence-corrected chi connectivity index (χ2v) is 5.50. The third kappa shape index (κ3) is 2.28. The fourth-order valence-corrected chi connectivity index (χ4v) is 2.77. The molecule has 1 N–H and O–H groups in total. The summed E-state index contributed by atoms with van der Waals surface area (Å²) in [7, 11) is 0. The van der Waals surface area contributed by atoms with Crippen molar-refractivity contribution in [1.29, 1.82) is 0 Å². The summed E-state index contributed by atoms with van der Waals surface area (Å²) < 4.78 is 10.6. The van der Waals surface area contributed by atoms with E-state index in [-0.39, 0.29) is 6.04 Å². The zero-order chi connectivity index (χ0) is 11.7. The molecule has 17 heavy (non-hydrogen) atoms. The molecule has 0 saturated carbocycles. The SMILES string of the molecule is Brc1ccc2c(c1)C(Nc1cnns1)CCO2. The summed E-state index contributed by atoms with van der Waals surface area (Å²) in [5.74, 6) is 0.953. The van der Waals surface area contributed by atoms with Crippen molar-refractivity contribution in [2.24, 2.45) is 0 Å². The number of nitrogens with one attached hydrogen (secondary N) is 1. The fourth-order valence-electron chi connectivity index (χ4n) is 1.92. The summed E-state index contributed by atoms with van der Waals surface area (Å²) >= 11 is 4.86. The number of aromatic nitrogens is 2. The molecule has 1 unspecified atom stereocenters. The molecule has 0 bridgehead atoms. The second-order valence-electron chi connectivity index (χ2n) is 3.80. The van der Waals surface area contributed by atoms with E-state index in [9.17, 15) is 0 Å². The van der Waals surface area contributed by atoms with Crippen molar-refractivity contribution in [3.63, 3.8) is 0 Å². The third-order valence-corrected chi connectivity index (χ3v) is 3.78. The summed E-state index contributed by atoms with van der Waals surface area (Å²) in [6.07, 6.45) is 2.69. The first-order chi connectivity index (χ1) is 8.33. The van der Waals surface area contributed by atoms with Crippen LogP contribution in [0, 0.1) is 0 Å². The Kier molecular flexibility index (Phi) is 2.98. The Labute approximate surface area is 111 Å². The van der Waals surface area contributed by atoms with Crippen LogP contribution < -0.4 is 10.1 Å². The van der Waals surface area contributed by atoms with E-state index in [1.807, 2.05) is 12.1 Å². The molecule has 1 aromatic heterocycles. The molecule has 0 spiro atoms. The average molecular weight is 312 g/mol. The molecule has 4 nitrogen and oxygen atoms in total. The molecule has 0 fully saturated rings. The van der Waals surface area contributed by atoms with Crippen molar-refractivity contribution in [3.05, 3.63) is 34.4 Å². The van der Waals surface area contributed by atoms with Crippen LogP contribution in [0.25, 0.3) is 0 Å². The molecule has 1 atom stereocenters. The van der Waals surface area contributed by atoms with Crippen molar-refractivity contribution in [2.75, 3.05) is 11.9 Å². The molecule has 1 aliphatic rings. The molecule has 3 rings (SSSR count). The summed E-state index contributed by atoms with van der Waals surface area (Å²) in [5.41, 5.74) is 1.18. The lowest BCUT2D eigenvalue weighted by atomic mass is 10.0. The minimum atomic E-state index is 0.262. The normalized spacial score (nSPS) is 18.3. The Morgan fingerprint density at radius 2 is 2.41 bits per heavy atom. The topological polar surface area (TPSA) is 47.0 Å². The first-order valence-electron chi connectivity index (χ1n) is 5.29. The molecule has 88 valence electrons. The van der Waals surface area contributed by atoms with Gasteiger partial charge in [0.1, 0.15) is 10.8 Å². The number of benzene rings is 1. The van der Waals surface area contributed by atoms with Crippen LogP contribution >= 0.6 is 27.5 Å². The minimum absolute atomic E-state index is 0.262. The number of hydrogen-bond acceptors (Lipinski definition) is 5. The van der Waals surface area contributed by atoms with Gasteiger partial charge in [-0.15, -0.1) is 5.10 Å². The van der Waals surface area contributed by atoms with Crippen LogP contribution in [0.15, 0.2) is 28.9 Å². The summed E-state index contributed by atoms with van der Waals surface area (Å²) in [6, 6.07) is 6.35. The highest BCUT2D eigenvalue weighted by atomic mass is 79.9. The van der Waals surface area contributed by atoms with Crippen molar-refractivity contribution in [2.45, 2.75) is 12.5 Å². The predicted molar refractivity (Wildman–Crippen MR) is 70.5 cm³/mol. The van der Waals surface area contributed by atoms with Gasteiger partial charge in [-0.2, -0.15) is 0 Å². The number of fused-ring (bicyclic) bond motifs is 1. The van der Waals surface area contributed by atoms with Crippen LogP contribution in [0.3, 0.4) is 0 Å². The third-order valence-electron chi connectivity index (χ3n) is 2.69. The lowest BCUT2D eigenvalue weighted by Crippen LogP contribution is -2.20. The quantitative estimate of drug-likeness (QED) is 0.925. The Balaban J connectivity index is 1.90. The highest BCUT2D eigenvalue weighted by Gasteiger charge is 2.22. The van der Waals surface area contributed by atoms with Crippen molar-refractivity contribution >= 4 is 32.5 Å². The molecule has 2 aromatic rings. The van der Waals surface area contributed by atoms with Crippen LogP contribution in [-0.4, -0.2) is 16.2 Å². The Morgan fingerprint density at radius 3 is 3.24 bits per heavy atom. The zero-order valence-electron chi connectivity index (χ0n) is 8.89. The molecule has 2 heterocycles. The van der Waals surface area contributed by atoms with Gasteiger partial charge in [-0.3, -0.25) is 0 Å². The van der Waals surface area contributed by atoms with Crippen molar-refractivity contribution in [3.8, 4) is 5.75 Å². The van der Waals surface area contributed by atoms with Gasteiger partial charge in [0.25, 0.3) is 0 Å². The number of ether oxygens (including phenoxy) is 1. The molecule has 0 amide bonds. The Bertz CT molecular complexity index is 517. The first-order valence-corrected chi connectivity index (χ1v) is 6.86. The van der Waals surface area contributed by atoms with Crippen LogP contribution in [0.1, 0.15) is 18.0 Å². The lowest BCUT2D eigenvalue weighted by molar-refractivity contribution is 0.274. The van der Waals surface area contributed by atoms with Gasteiger partial charge >= 0.3 is 0 Å². The highest BCUT2D eigenvalue weighted by molar-refractivity contribution is 9.10. The average Bonchev–Trinajstić information content (AvgIpc) is 2.83. The number of anilines is 1. The van der Waals surface area contributed by atoms with E-state index in [1.54, 1.807) is 6.20 Å². The zero-order valence-corrected chi connectivity index (χ0v) is 11.3. The molecular weight excluding hydrogens is 302 g/mol. The molecular formula is C11H10BrN3OS. The van der Waals surface area contributed by atoms with Crippen LogP contribution in [0.2, 0.25) is 0 Å². The van der Waals surface area contributed by atoms with Crippen LogP contribution in [0.4, 0.5) is 5.00 Å². The van der Waals surface area contributed by atoms with E-state index in [2.05, 4.69) is 36.9 Å². The standard InChI is InChI=1S/C11H10BrN3OS/c12-7-1-2-10-8(5-7)9(3-4-16-10)14-11-6-13-15-17-11/h1-2,5-6,9,14H,3-4H2. The second kappa shape index (κ2) is 4.62. The monoisotopic (exact) mass is 311 g/mol. The number of hydrogen-bond donors (Lipinski definition) is 1. The first kappa shape index (κ1) is 11.0. The van der Waals surface area contributed by atoms with Crippen LogP contribution in [0.5, 0.6) is 5.75 Å². The van der Waals surface area contributed by atoms with Crippen molar-refractivity contribution < 1.29 is 4.74 Å². The van der Waals surface area contributed by atoms with Crippen LogP contribution in [-0.2, 0) is 0 Å². The van der Waals surface area contributed by atoms with Gasteiger partial charge in [-0.1, -0.05) is 20.4 Å². The number of nitrogens with zero attached hydrogens (tertiary/aromatic N) is 2. The van der Waals surface area contributed by atoms with Crippen molar-refractivity contribution in [1.82, 2.24) is 9.59 Å². The van der Waals surface area contributed by atoms with Gasteiger partial charge in [0.05, 0.1) is 18.8 Å². The molecule has 1 aliphatic heterocycles. The van der Waals surface area contributed by atoms with Gasteiger partial charge in [-0.05, 0) is 18.2 Å². The molecule has 0 saturated heterocycles. The molecule has 0 aliphatic carbocycles. The van der Waals surface area contributed by atoms with Gasteiger partial charge in [0, 0.05) is 28.0 Å². The number of rotatable bonds is 2. The number of halogens is 1. The fraction of sp³-hybridized carbons (Fsp3) is 0.273. The smallest absolute Gasteiger partial charge is 0.130 e. The van der Waals surface area contributed by atoms with E-state index in [1.165, 1.54) is 17.1 Å². The minimum Gasteiger partial charge on any atom is -0.493 e. The Hall–Kier alpha value is -1.14. The molecule has 0 radical (unpaired) electrons. The maximum Gasteiger partial charge on any atom is 0.130 e. The molecule has 6 heteroatoms. The predicted octanol–water partition coefficient (Wildman–Crippen LogP) is 3.24. The summed E-state index contributed by atoms with van der Waals surface area (Å²) in [6.45, 7) is 0.735. The summed E-state index contributed by atoms with van der Waals surface area (Å²) in [4.78, 5) is 0. The van der Waals surface area contributed by atoms with Gasteiger partial charge in [0.15, 0.2) is 0 Å². The Morgan fingerprint density at radius 1 is 1.47 bits per heavy atom. The van der Waals surface area contributed by atoms with E-state index in [0.29, 0.717) is 0 Å². The maximum atomic E-state index is 5.64. The van der Waals surface area contributed by atoms with Gasteiger partial charge in [-0.25, -0.2) is 0 Å². The maximum absolute atomic E-state index is 5.64. The van der Waals surface area contributed by atoms with E-state index in [0.717, 1.165) is 28.3 Å².